The van der Waals surface area contributed by atoms with Gasteiger partial charge >= 0.3 is 0 Å². The Morgan fingerprint density at radius 3 is 2.48 bits per heavy atom. The summed E-state index contributed by atoms with van der Waals surface area (Å²) in [6, 6.07) is 11.4. The van der Waals surface area contributed by atoms with Crippen LogP contribution in [0.2, 0.25) is 0 Å². The van der Waals surface area contributed by atoms with Crippen LogP contribution >= 0.6 is 11.8 Å². The van der Waals surface area contributed by atoms with Crippen LogP contribution in [0.15, 0.2) is 58.4 Å². The second kappa shape index (κ2) is 8.17. The van der Waals surface area contributed by atoms with Crippen LogP contribution in [0.1, 0.15) is 0 Å². The van der Waals surface area contributed by atoms with Crippen LogP contribution in [0.25, 0.3) is 11.5 Å². The molecule has 1 fully saturated rings. The van der Waals surface area contributed by atoms with Gasteiger partial charge in [-0.2, -0.15) is 0 Å². The molecule has 0 bridgehead atoms. The first-order valence-corrected chi connectivity index (χ1v) is 9.59. The molecule has 0 radical (unpaired) electrons. The lowest BCUT2D eigenvalue weighted by Gasteiger charge is -2.34. The van der Waals surface area contributed by atoms with Crippen molar-refractivity contribution in [1.29, 1.82) is 0 Å². The van der Waals surface area contributed by atoms with Crippen LogP contribution in [0.5, 0.6) is 0 Å². The molecule has 4 rings (SSSR count). The number of aromatic nitrogens is 4. The van der Waals surface area contributed by atoms with Crippen molar-refractivity contribution in [2.75, 3.05) is 36.8 Å². The Bertz CT molecular complexity index is 881. The minimum absolute atomic E-state index is 0.0630. The molecule has 27 heavy (non-hydrogen) atoms. The average molecular weight is 382 g/mol. The maximum Gasteiger partial charge on any atom is 0.277 e. The van der Waals surface area contributed by atoms with E-state index in [1.807, 2.05) is 35.2 Å². The molecule has 0 saturated carbocycles. The van der Waals surface area contributed by atoms with E-state index < -0.39 is 0 Å². The van der Waals surface area contributed by atoms with E-state index >= 15 is 0 Å². The van der Waals surface area contributed by atoms with Gasteiger partial charge in [0.25, 0.3) is 5.22 Å². The van der Waals surface area contributed by atoms with Crippen LogP contribution in [-0.4, -0.2) is 62.9 Å². The van der Waals surface area contributed by atoms with Gasteiger partial charge in [-0.1, -0.05) is 30.0 Å². The molecule has 0 atom stereocenters. The molecule has 0 N–H and O–H groups in total. The van der Waals surface area contributed by atoms with Gasteiger partial charge in [0, 0.05) is 44.1 Å². The molecule has 1 aliphatic rings. The lowest BCUT2D eigenvalue weighted by Crippen LogP contribution is -2.49. The molecule has 1 aromatic carbocycles. The van der Waals surface area contributed by atoms with Crippen molar-refractivity contribution in [2.24, 2.45) is 0 Å². The minimum Gasteiger partial charge on any atom is -0.411 e. The Morgan fingerprint density at radius 2 is 1.74 bits per heavy atom. The number of anilines is 1. The van der Waals surface area contributed by atoms with E-state index in [4.69, 9.17) is 4.42 Å². The zero-order chi connectivity index (χ0) is 18.5. The van der Waals surface area contributed by atoms with Gasteiger partial charge in [0.2, 0.25) is 17.7 Å². The fourth-order valence-electron chi connectivity index (χ4n) is 2.79. The molecular formula is C18H18N6O2S. The first-order valence-electron chi connectivity index (χ1n) is 8.61. The molecule has 0 aliphatic carbocycles. The molecule has 1 amide bonds. The number of amides is 1. The number of rotatable bonds is 5. The van der Waals surface area contributed by atoms with E-state index in [9.17, 15) is 4.79 Å². The third-order valence-electron chi connectivity index (χ3n) is 4.21. The summed E-state index contributed by atoms with van der Waals surface area (Å²) in [7, 11) is 0. The first kappa shape index (κ1) is 17.5. The van der Waals surface area contributed by atoms with Gasteiger partial charge in [0.05, 0.1) is 5.75 Å². The summed E-state index contributed by atoms with van der Waals surface area (Å²) in [5.74, 6) is 1.51. The number of carbonyl (C=O) groups is 1. The Morgan fingerprint density at radius 1 is 1.00 bits per heavy atom. The standard InChI is InChI=1S/C18H18N6O2S/c25-15(23-9-11-24(12-10-23)17-19-7-4-8-20-17)13-27-18-22-21-16(26-18)14-5-2-1-3-6-14/h1-8H,9-13H2. The fraction of sp³-hybridized carbons (Fsp3) is 0.278. The van der Waals surface area contributed by atoms with E-state index in [0.717, 1.165) is 18.7 Å². The van der Waals surface area contributed by atoms with E-state index in [-0.39, 0.29) is 11.7 Å². The number of hydrogen-bond acceptors (Lipinski definition) is 8. The number of piperazine rings is 1. The van der Waals surface area contributed by atoms with Gasteiger partial charge in [-0.15, -0.1) is 10.2 Å². The minimum atomic E-state index is 0.0630. The molecule has 1 saturated heterocycles. The Hall–Kier alpha value is -2.94. The summed E-state index contributed by atoms with van der Waals surface area (Å²) in [4.78, 5) is 24.9. The van der Waals surface area contributed by atoms with E-state index in [1.165, 1.54) is 11.8 Å². The zero-order valence-corrected chi connectivity index (χ0v) is 15.4. The van der Waals surface area contributed by atoms with Crippen molar-refractivity contribution in [1.82, 2.24) is 25.1 Å². The molecule has 1 aliphatic heterocycles. The topological polar surface area (TPSA) is 88.3 Å². The maximum atomic E-state index is 12.5. The van der Waals surface area contributed by atoms with Gasteiger partial charge in [0.1, 0.15) is 0 Å². The molecular weight excluding hydrogens is 364 g/mol. The van der Waals surface area contributed by atoms with Gasteiger partial charge in [-0.25, -0.2) is 9.97 Å². The lowest BCUT2D eigenvalue weighted by atomic mass is 10.2. The summed E-state index contributed by atoms with van der Waals surface area (Å²) in [5, 5.41) is 8.45. The maximum absolute atomic E-state index is 12.5. The predicted molar refractivity (Wildman–Crippen MR) is 101 cm³/mol. The van der Waals surface area contributed by atoms with E-state index in [2.05, 4.69) is 25.1 Å². The summed E-state index contributed by atoms with van der Waals surface area (Å²) in [6.45, 7) is 2.74. The van der Waals surface area contributed by atoms with Crippen LogP contribution in [0.4, 0.5) is 5.95 Å². The lowest BCUT2D eigenvalue weighted by molar-refractivity contribution is -0.128. The summed E-state index contributed by atoms with van der Waals surface area (Å²) in [6.07, 6.45) is 3.45. The molecule has 0 spiro atoms. The van der Waals surface area contributed by atoms with Crippen molar-refractivity contribution >= 4 is 23.6 Å². The molecule has 3 aromatic rings. The van der Waals surface area contributed by atoms with Crippen molar-refractivity contribution in [3.05, 3.63) is 48.8 Å². The number of thioether (sulfide) groups is 1. The van der Waals surface area contributed by atoms with Crippen molar-refractivity contribution in [2.45, 2.75) is 5.22 Å². The van der Waals surface area contributed by atoms with Crippen LogP contribution in [0, 0.1) is 0 Å². The summed E-state index contributed by atoms with van der Waals surface area (Å²) < 4.78 is 5.63. The highest BCUT2D eigenvalue weighted by Crippen LogP contribution is 2.23. The number of nitrogens with zero attached hydrogens (tertiary/aromatic N) is 6. The first-order chi connectivity index (χ1) is 13.3. The number of benzene rings is 1. The highest BCUT2D eigenvalue weighted by atomic mass is 32.2. The van der Waals surface area contributed by atoms with Gasteiger partial charge in [-0.05, 0) is 18.2 Å². The average Bonchev–Trinajstić information content (AvgIpc) is 3.22. The van der Waals surface area contributed by atoms with Gasteiger partial charge in [0.15, 0.2) is 0 Å². The number of hydrogen-bond donors (Lipinski definition) is 0. The molecule has 3 heterocycles. The number of carbonyl (C=O) groups excluding carboxylic acids is 1. The molecule has 0 unspecified atom stereocenters. The third-order valence-corrected chi connectivity index (χ3v) is 5.02. The van der Waals surface area contributed by atoms with Crippen molar-refractivity contribution in [3.63, 3.8) is 0 Å². The van der Waals surface area contributed by atoms with Crippen LogP contribution in [0.3, 0.4) is 0 Å². The second-order valence-electron chi connectivity index (χ2n) is 5.94. The summed E-state index contributed by atoms with van der Waals surface area (Å²) in [5.41, 5.74) is 0.863. The Kier molecular flexibility index (Phi) is 5.29. The van der Waals surface area contributed by atoms with Crippen molar-refractivity contribution < 1.29 is 9.21 Å². The normalized spacial score (nSPS) is 14.4. The highest BCUT2D eigenvalue weighted by molar-refractivity contribution is 7.99. The molecule has 2 aromatic heterocycles. The van der Waals surface area contributed by atoms with Crippen LogP contribution < -0.4 is 4.90 Å². The quantitative estimate of drug-likeness (QED) is 0.619. The molecule has 9 heteroatoms. The largest absolute Gasteiger partial charge is 0.411 e. The highest BCUT2D eigenvalue weighted by Gasteiger charge is 2.23. The van der Waals surface area contributed by atoms with E-state index in [0.29, 0.717) is 30.2 Å². The summed E-state index contributed by atoms with van der Waals surface area (Å²) >= 11 is 1.27. The SMILES string of the molecule is O=C(CSc1nnc(-c2ccccc2)o1)N1CCN(c2ncccn2)CC1. The van der Waals surface area contributed by atoms with E-state index in [1.54, 1.807) is 18.5 Å². The third kappa shape index (κ3) is 4.25. The monoisotopic (exact) mass is 382 g/mol. The van der Waals surface area contributed by atoms with Gasteiger partial charge < -0.3 is 14.2 Å². The second-order valence-corrected chi connectivity index (χ2v) is 6.87. The van der Waals surface area contributed by atoms with Crippen LogP contribution in [-0.2, 0) is 4.79 Å². The molecule has 138 valence electrons. The Balaban J connectivity index is 1.27. The predicted octanol–water partition coefficient (Wildman–Crippen LogP) is 1.97. The van der Waals surface area contributed by atoms with Crippen molar-refractivity contribution in [3.8, 4) is 11.5 Å². The fourth-order valence-corrected chi connectivity index (χ4v) is 3.46. The smallest absolute Gasteiger partial charge is 0.277 e. The zero-order valence-electron chi connectivity index (χ0n) is 14.6. The van der Waals surface area contributed by atoms with Gasteiger partial charge in [-0.3, -0.25) is 4.79 Å². The Labute approximate surface area is 160 Å². The molecule has 8 nitrogen and oxygen atoms in total.